The molecule has 4 aromatic heterocycles. The minimum absolute atomic E-state index is 0.107. The molecule has 0 saturated carbocycles. The van der Waals surface area contributed by atoms with Crippen LogP contribution in [0.25, 0.3) is 22.8 Å². The molecule has 2 saturated heterocycles. The SMILES string of the molecule is FC(F)(F)c1cccc(-c2ncc3c(n2)N[C@H]2CCCN3C2)c1.Nc1ccccn1.O=C(Nc1ccccn1)N1c2nc(-c3cccc(C(F)(F)F)c3)ncc2N2CCC[C@H]1C2. The number of hydrogen-bond donors (Lipinski definition) is 3. The maximum atomic E-state index is 13.2. The Labute approximate surface area is 352 Å². The summed E-state index contributed by atoms with van der Waals surface area (Å²) in [5.74, 6) is 2.52. The van der Waals surface area contributed by atoms with Gasteiger partial charge in [-0.2, -0.15) is 26.3 Å². The summed E-state index contributed by atoms with van der Waals surface area (Å²) in [5, 5.41) is 6.16. The van der Waals surface area contributed by atoms with Gasteiger partial charge in [0, 0.05) is 55.7 Å². The number of nitrogens with zero attached hydrogens (tertiary/aromatic N) is 9. The Bertz CT molecular complexity index is 2510. The highest BCUT2D eigenvalue weighted by atomic mass is 19.4. The maximum Gasteiger partial charge on any atom is 0.416 e. The Morgan fingerprint density at radius 1 is 0.694 bits per heavy atom. The molecule has 4 aliphatic rings. The predicted octanol–water partition coefficient (Wildman–Crippen LogP) is 8.80. The number of fused-ring (bicyclic) bond motifs is 8. The minimum atomic E-state index is -4.47. The number of piperidine rings is 2. The van der Waals surface area contributed by atoms with Crippen LogP contribution in [0, 0.1) is 0 Å². The lowest BCUT2D eigenvalue weighted by Gasteiger charge is -2.45. The quantitative estimate of drug-likeness (QED) is 0.146. The van der Waals surface area contributed by atoms with Crippen LogP contribution in [-0.2, 0) is 12.4 Å². The molecule has 2 atom stereocenters. The summed E-state index contributed by atoms with van der Waals surface area (Å²) in [6, 6.07) is 20.5. The predicted molar refractivity (Wildman–Crippen MR) is 223 cm³/mol. The largest absolute Gasteiger partial charge is 0.416 e. The lowest BCUT2D eigenvalue weighted by atomic mass is 10.0. The number of aromatic nitrogens is 6. The molecule has 0 unspecified atom stereocenters. The van der Waals surface area contributed by atoms with Crippen molar-refractivity contribution < 1.29 is 31.1 Å². The number of alkyl halides is 6. The number of nitrogens with two attached hydrogens (primary N) is 1. The van der Waals surface area contributed by atoms with Gasteiger partial charge in [-0.3, -0.25) is 10.2 Å². The lowest BCUT2D eigenvalue weighted by Crippen LogP contribution is -2.56. The van der Waals surface area contributed by atoms with Gasteiger partial charge in [-0.1, -0.05) is 36.4 Å². The number of carbonyl (C=O) groups excluding carboxylic acids is 1. The molecule has 19 heteroatoms. The summed E-state index contributed by atoms with van der Waals surface area (Å²) in [5.41, 5.74) is 6.00. The summed E-state index contributed by atoms with van der Waals surface area (Å²) in [7, 11) is 0. The fourth-order valence-electron chi connectivity index (χ4n) is 7.74. The van der Waals surface area contributed by atoms with E-state index in [2.05, 4.69) is 50.3 Å². The van der Waals surface area contributed by atoms with Crippen LogP contribution < -0.4 is 31.1 Å². The van der Waals surface area contributed by atoms with E-state index in [1.807, 2.05) is 12.1 Å². The van der Waals surface area contributed by atoms with Gasteiger partial charge in [0.1, 0.15) is 11.6 Å². The van der Waals surface area contributed by atoms with Crippen molar-refractivity contribution >= 4 is 40.7 Å². The Balaban J connectivity index is 0.000000153. The van der Waals surface area contributed by atoms with Crippen LogP contribution in [0.2, 0.25) is 0 Å². The molecule has 0 spiro atoms. The third-order valence-corrected chi connectivity index (χ3v) is 10.7. The summed E-state index contributed by atoms with van der Waals surface area (Å²) in [6.45, 7) is 3.36. The van der Waals surface area contributed by atoms with Gasteiger partial charge < -0.3 is 20.9 Å². The Kier molecular flexibility index (Phi) is 11.8. The first kappa shape index (κ1) is 41.7. The number of nitrogens with one attached hydrogen (secondary N) is 2. The van der Waals surface area contributed by atoms with Gasteiger partial charge in [0.15, 0.2) is 23.3 Å². The van der Waals surface area contributed by atoms with Crippen molar-refractivity contribution in [2.24, 2.45) is 0 Å². The van der Waals surface area contributed by atoms with E-state index in [0.717, 1.165) is 75.3 Å². The number of halogens is 6. The summed E-state index contributed by atoms with van der Waals surface area (Å²) >= 11 is 0. The zero-order chi connectivity index (χ0) is 43.4. The van der Waals surface area contributed by atoms with Crippen LogP contribution in [-0.4, -0.2) is 74.2 Å². The zero-order valence-electron chi connectivity index (χ0n) is 33.0. The molecule has 4 bridgehead atoms. The highest BCUT2D eigenvalue weighted by Gasteiger charge is 2.39. The van der Waals surface area contributed by atoms with Crippen molar-refractivity contribution in [2.45, 2.75) is 50.1 Å². The van der Waals surface area contributed by atoms with Crippen LogP contribution in [0.4, 0.5) is 65.8 Å². The van der Waals surface area contributed by atoms with Crippen molar-refractivity contribution in [1.82, 2.24) is 29.9 Å². The molecule has 2 aromatic carbocycles. The Morgan fingerprint density at radius 3 is 1.90 bits per heavy atom. The highest BCUT2D eigenvalue weighted by Crippen LogP contribution is 2.40. The van der Waals surface area contributed by atoms with E-state index >= 15 is 0 Å². The van der Waals surface area contributed by atoms with E-state index < -0.39 is 23.5 Å². The number of carbonyl (C=O) groups is 1. The first-order valence-corrected chi connectivity index (χ1v) is 19.8. The van der Waals surface area contributed by atoms with Crippen molar-refractivity contribution in [1.29, 1.82) is 0 Å². The number of rotatable bonds is 3. The highest BCUT2D eigenvalue weighted by molar-refractivity contribution is 6.04. The Morgan fingerprint density at radius 2 is 1.31 bits per heavy atom. The monoisotopic (exact) mass is 854 g/mol. The Hall–Kier alpha value is -7.05. The van der Waals surface area contributed by atoms with E-state index in [1.54, 1.807) is 60.0 Å². The van der Waals surface area contributed by atoms with Gasteiger partial charge in [-0.15, -0.1) is 0 Å². The number of hydrogen-bond acceptors (Lipinski definition) is 11. The van der Waals surface area contributed by atoms with Crippen LogP contribution in [0.3, 0.4) is 0 Å². The van der Waals surface area contributed by atoms with Gasteiger partial charge in [-0.25, -0.2) is 34.7 Å². The first-order chi connectivity index (χ1) is 29.8. The lowest BCUT2D eigenvalue weighted by molar-refractivity contribution is -0.138. The minimum Gasteiger partial charge on any atom is -0.384 e. The van der Waals surface area contributed by atoms with E-state index in [0.29, 0.717) is 52.9 Å². The number of amides is 2. The molecule has 2 fully saturated rings. The van der Waals surface area contributed by atoms with Crippen LogP contribution in [0.5, 0.6) is 0 Å². The van der Waals surface area contributed by atoms with E-state index in [-0.39, 0.29) is 23.5 Å². The van der Waals surface area contributed by atoms with Crippen molar-refractivity contribution in [3.05, 3.63) is 121 Å². The second-order valence-electron chi connectivity index (χ2n) is 14.9. The summed E-state index contributed by atoms with van der Waals surface area (Å²) < 4.78 is 78.1. The number of benzene rings is 2. The van der Waals surface area contributed by atoms with Crippen molar-refractivity contribution in [3.8, 4) is 22.8 Å². The molecular formula is C43H40F6N12O. The van der Waals surface area contributed by atoms with E-state index in [9.17, 15) is 31.1 Å². The molecule has 0 aliphatic carbocycles. The number of pyridine rings is 2. The van der Waals surface area contributed by atoms with Gasteiger partial charge in [-0.05, 0) is 74.2 Å². The molecule has 8 heterocycles. The molecule has 320 valence electrons. The molecule has 6 aromatic rings. The van der Waals surface area contributed by atoms with Crippen LogP contribution in [0.1, 0.15) is 36.8 Å². The smallest absolute Gasteiger partial charge is 0.384 e. The fourth-order valence-corrected chi connectivity index (χ4v) is 7.74. The second kappa shape index (κ2) is 17.5. The average Bonchev–Trinajstić information content (AvgIpc) is 3.27. The van der Waals surface area contributed by atoms with Gasteiger partial charge >= 0.3 is 18.4 Å². The molecule has 62 heavy (non-hydrogen) atoms. The average molecular weight is 855 g/mol. The standard InChI is InChI=1S/C22H19F3N6O.C16H15F3N4.C5H6N2/c23-22(24,25)15-6-3-5-14(11-15)19-27-12-17-20(29-19)31(16-7-4-10-30(17)13-16)21(32)28-18-8-1-2-9-26-18;17-16(18,19)11-4-1-3-10(7-11)14-20-8-13-15(22-14)21-12-5-2-6-23(13)9-12;6-5-3-1-2-4-7-5/h1-3,5-6,8-9,11-12,16H,4,7,10,13H2,(H,26,28,32);1,3-4,7-8,12H,2,5-6,9H2,(H,20,21,22);1-4H,(H2,6,7)/t16-;12-;/m00./s1. The first-order valence-electron chi connectivity index (χ1n) is 19.8. The molecule has 13 nitrogen and oxygen atoms in total. The number of urea groups is 1. The van der Waals surface area contributed by atoms with Crippen LogP contribution in [0.15, 0.2) is 110 Å². The normalized spacial score (nSPS) is 17.5. The molecule has 4 aliphatic heterocycles. The van der Waals surface area contributed by atoms with Crippen molar-refractivity contribution in [3.63, 3.8) is 0 Å². The number of nitrogen functional groups attached to an aromatic ring is 1. The van der Waals surface area contributed by atoms with Gasteiger partial charge in [0.25, 0.3) is 0 Å². The summed E-state index contributed by atoms with van der Waals surface area (Å²) in [4.78, 5) is 44.6. The second-order valence-corrected chi connectivity index (χ2v) is 14.9. The van der Waals surface area contributed by atoms with Crippen molar-refractivity contribution in [2.75, 3.05) is 57.2 Å². The third-order valence-electron chi connectivity index (χ3n) is 10.7. The maximum absolute atomic E-state index is 13.2. The van der Waals surface area contributed by atoms with E-state index in [4.69, 9.17) is 5.73 Å². The molecular weight excluding hydrogens is 815 g/mol. The van der Waals surface area contributed by atoms with Gasteiger partial charge in [0.05, 0.1) is 40.9 Å². The molecule has 10 rings (SSSR count). The molecule has 0 radical (unpaired) electrons. The van der Waals surface area contributed by atoms with E-state index in [1.165, 1.54) is 18.2 Å². The molecule has 4 N–H and O–H groups in total. The topological polar surface area (TPSA) is 154 Å². The molecule has 2 amide bonds. The number of anilines is 6. The summed E-state index contributed by atoms with van der Waals surface area (Å²) in [6.07, 6.45) is 1.59. The zero-order valence-corrected chi connectivity index (χ0v) is 33.0. The fraction of sp³-hybridized carbons (Fsp3) is 0.279. The van der Waals surface area contributed by atoms with Gasteiger partial charge in [0.2, 0.25) is 0 Å². The third kappa shape index (κ3) is 9.45. The van der Waals surface area contributed by atoms with Crippen LogP contribution >= 0.6 is 0 Å².